The Morgan fingerprint density at radius 1 is 1.47 bits per heavy atom. The Morgan fingerprint density at radius 3 is 2.74 bits per heavy atom. The molecule has 0 bridgehead atoms. The van der Waals surface area contributed by atoms with Crippen LogP contribution in [0, 0.1) is 6.92 Å². The van der Waals surface area contributed by atoms with E-state index in [1.54, 1.807) is 19.1 Å². The van der Waals surface area contributed by atoms with Crippen LogP contribution in [0.2, 0.25) is 0 Å². The van der Waals surface area contributed by atoms with Gasteiger partial charge in [-0.05, 0) is 25.1 Å². The molecule has 1 rings (SSSR count). The molecule has 19 heavy (non-hydrogen) atoms. The molecular weight excluding hydrogens is 250 g/mol. The summed E-state index contributed by atoms with van der Waals surface area (Å²) in [6, 6.07) is 3.51. The third kappa shape index (κ3) is 5.39. The van der Waals surface area contributed by atoms with E-state index in [1.165, 1.54) is 24.2 Å². The van der Waals surface area contributed by atoms with Crippen molar-refractivity contribution in [3.05, 3.63) is 29.7 Å². The van der Waals surface area contributed by atoms with Crippen LogP contribution in [-0.4, -0.2) is 48.7 Å². The maximum atomic E-state index is 11.8. The highest BCUT2D eigenvalue weighted by Crippen LogP contribution is 2.08. The van der Waals surface area contributed by atoms with Crippen molar-refractivity contribution in [2.24, 2.45) is 0 Å². The van der Waals surface area contributed by atoms with Crippen molar-refractivity contribution < 1.29 is 23.8 Å². The lowest BCUT2D eigenvalue weighted by Crippen LogP contribution is -2.36. The maximum Gasteiger partial charge on any atom is 0.323 e. The molecular formula is C13H17NO5. The number of furan rings is 1. The smallest absolute Gasteiger partial charge is 0.323 e. The minimum Gasteiger partial charge on any atom is -0.480 e. The molecule has 0 spiro atoms. The topological polar surface area (TPSA) is 80.0 Å². The zero-order chi connectivity index (χ0) is 14.3. The second kappa shape index (κ2) is 7.38. The molecule has 6 heteroatoms. The SMILES string of the molecule is COCCN(CC(=O)O)C(=O)/C=C/c1ccc(C)o1. The predicted molar refractivity (Wildman–Crippen MR) is 68.6 cm³/mol. The Hall–Kier alpha value is -2.08. The Bertz CT molecular complexity index is 463. The first-order chi connectivity index (χ1) is 9.02. The molecule has 0 aliphatic rings. The molecule has 0 fully saturated rings. The Kier molecular flexibility index (Phi) is 5.81. The van der Waals surface area contributed by atoms with E-state index in [0.29, 0.717) is 5.76 Å². The number of aliphatic carboxylic acids is 1. The van der Waals surface area contributed by atoms with Gasteiger partial charge in [0.25, 0.3) is 0 Å². The molecule has 0 saturated heterocycles. The number of rotatable bonds is 7. The van der Waals surface area contributed by atoms with Crippen molar-refractivity contribution >= 4 is 18.0 Å². The number of ether oxygens (including phenoxy) is 1. The minimum atomic E-state index is -1.06. The maximum absolute atomic E-state index is 11.8. The van der Waals surface area contributed by atoms with Crippen LogP contribution in [0.15, 0.2) is 22.6 Å². The number of hydrogen-bond donors (Lipinski definition) is 1. The lowest BCUT2D eigenvalue weighted by atomic mass is 10.3. The van der Waals surface area contributed by atoms with Gasteiger partial charge in [-0.3, -0.25) is 9.59 Å². The molecule has 0 atom stereocenters. The summed E-state index contributed by atoms with van der Waals surface area (Å²) in [7, 11) is 1.49. The van der Waals surface area contributed by atoms with Gasteiger partial charge < -0.3 is 19.2 Å². The summed E-state index contributed by atoms with van der Waals surface area (Å²) in [6.45, 7) is 1.95. The highest BCUT2D eigenvalue weighted by molar-refractivity contribution is 5.93. The minimum absolute atomic E-state index is 0.225. The number of nitrogens with zero attached hydrogens (tertiary/aromatic N) is 1. The molecule has 1 aromatic heterocycles. The summed E-state index contributed by atoms with van der Waals surface area (Å²) in [6.07, 6.45) is 2.80. The molecule has 0 aromatic carbocycles. The Balaban J connectivity index is 2.64. The quantitative estimate of drug-likeness (QED) is 0.750. The first-order valence-corrected chi connectivity index (χ1v) is 5.77. The fourth-order valence-corrected chi connectivity index (χ4v) is 1.43. The molecule has 0 saturated carbocycles. The van der Waals surface area contributed by atoms with Crippen LogP contribution in [0.4, 0.5) is 0 Å². The van der Waals surface area contributed by atoms with Crippen LogP contribution < -0.4 is 0 Å². The standard InChI is InChI=1S/C13H17NO5/c1-10-3-4-11(19-10)5-6-12(15)14(7-8-18-2)9-13(16)17/h3-6H,7-9H2,1-2H3,(H,16,17)/b6-5+. The molecule has 0 radical (unpaired) electrons. The van der Waals surface area contributed by atoms with Crippen molar-refractivity contribution in [1.82, 2.24) is 4.90 Å². The van der Waals surface area contributed by atoms with Gasteiger partial charge in [0.15, 0.2) is 0 Å². The average Bonchev–Trinajstić information content (AvgIpc) is 2.77. The highest BCUT2D eigenvalue weighted by atomic mass is 16.5. The van der Waals surface area contributed by atoms with Gasteiger partial charge in [0, 0.05) is 19.7 Å². The van der Waals surface area contributed by atoms with E-state index in [1.807, 2.05) is 0 Å². The third-order valence-corrected chi connectivity index (χ3v) is 2.35. The van der Waals surface area contributed by atoms with Gasteiger partial charge >= 0.3 is 5.97 Å². The predicted octanol–water partition coefficient (Wildman–Crippen LogP) is 1.16. The number of carbonyl (C=O) groups excluding carboxylic acids is 1. The zero-order valence-corrected chi connectivity index (χ0v) is 11.0. The largest absolute Gasteiger partial charge is 0.480 e. The van der Waals surface area contributed by atoms with E-state index in [-0.39, 0.29) is 19.7 Å². The molecule has 0 unspecified atom stereocenters. The van der Waals surface area contributed by atoms with Crippen LogP contribution in [0.25, 0.3) is 6.08 Å². The highest BCUT2D eigenvalue weighted by Gasteiger charge is 2.13. The second-order valence-corrected chi connectivity index (χ2v) is 3.93. The summed E-state index contributed by atoms with van der Waals surface area (Å²) in [5.74, 6) is -0.165. The molecule has 1 heterocycles. The van der Waals surface area contributed by atoms with E-state index >= 15 is 0 Å². The molecule has 0 aliphatic heterocycles. The molecule has 1 aromatic rings. The van der Waals surface area contributed by atoms with Crippen LogP contribution in [-0.2, 0) is 14.3 Å². The summed E-state index contributed by atoms with van der Waals surface area (Å²) >= 11 is 0. The molecule has 1 amide bonds. The molecule has 0 aliphatic carbocycles. The monoisotopic (exact) mass is 267 g/mol. The number of carboxylic acid groups (broad SMARTS) is 1. The third-order valence-electron chi connectivity index (χ3n) is 2.35. The van der Waals surface area contributed by atoms with E-state index < -0.39 is 11.9 Å². The normalized spacial score (nSPS) is 10.8. The van der Waals surface area contributed by atoms with Crippen molar-refractivity contribution in [3.8, 4) is 0 Å². The lowest BCUT2D eigenvalue weighted by Gasteiger charge is -2.18. The fourth-order valence-electron chi connectivity index (χ4n) is 1.43. The number of carbonyl (C=O) groups is 2. The molecule has 1 N–H and O–H groups in total. The zero-order valence-electron chi connectivity index (χ0n) is 11.0. The first kappa shape index (κ1) is 15.0. The lowest BCUT2D eigenvalue weighted by molar-refractivity contribution is -0.143. The molecule has 6 nitrogen and oxygen atoms in total. The fraction of sp³-hybridized carbons (Fsp3) is 0.385. The van der Waals surface area contributed by atoms with Crippen LogP contribution in [0.1, 0.15) is 11.5 Å². The van der Waals surface area contributed by atoms with Gasteiger partial charge in [0.05, 0.1) is 6.61 Å². The Morgan fingerprint density at radius 2 is 2.21 bits per heavy atom. The van der Waals surface area contributed by atoms with E-state index in [2.05, 4.69) is 0 Å². The van der Waals surface area contributed by atoms with Gasteiger partial charge in [-0.25, -0.2) is 0 Å². The van der Waals surface area contributed by atoms with Gasteiger partial charge in [-0.2, -0.15) is 0 Å². The average molecular weight is 267 g/mol. The van der Waals surface area contributed by atoms with Crippen LogP contribution in [0.3, 0.4) is 0 Å². The Labute approximate surface area is 111 Å². The van der Waals surface area contributed by atoms with Crippen LogP contribution in [0.5, 0.6) is 0 Å². The van der Waals surface area contributed by atoms with Gasteiger partial charge in [0.1, 0.15) is 18.1 Å². The first-order valence-electron chi connectivity index (χ1n) is 5.77. The van der Waals surface area contributed by atoms with Gasteiger partial charge in [-0.1, -0.05) is 0 Å². The number of aryl methyl sites for hydroxylation is 1. The van der Waals surface area contributed by atoms with Gasteiger partial charge in [0.2, 0.25) is 5.91 Å². The van der Waals surface area contributed by atoms with Crippen molar-refractivity contribution in [2.45, 2.75) is 6.92 Å². The summed E-state index contributed by atoms with van der Waals surface area (Å²) < 4.78 is 10.1. The number of carboxylic acids is 1. The van der Waals surface area contributed by atoms with E-state index in [9.17, 15) is 9.59 Å². The van der Waals surface area contributed by atoms with Crippen molar-refractivity contribution in [2.75, 3.05) is 26.8 Å². The van der Waals surface area contributed by atoms with Crippen molar-refractivity contribution in [1.29, 1.82) is 0 Å². The second-order valence-electron chi connectivity index (χ2n) is 3.93. The van der Waals surface area contributed by atoms with Crippen molar-refractivity contribution in [3.63, 3.8) is 0 Å². The van der Waals surface area contributed by atoms with E-state index in [4.69, 9.17) is 14.3 Å². The summed E-state index contributed by atoms with van der Waals surface area (Å²) in [5, 5.41) is 8.74. The molecule has 104 valence electrons. The number of hydrogen-bond acceptors (Lipinski definition) is 4. The summed E-state index contributed by atoms with van der Waals surface area (Å²) in [4.78, 5) is 23.7. The van der Waals surface area contributed by atoms with Gasteiger partial charge in [-0.15, -0.1) is 0 Å². The number of amides is 1. The van der Waals surface area contributed by atoms with Crippen LogP contribution >= 0.6 is 0 Å². The summed E-state index contributed by atoms with van der Waals surface area (Å²) in [5.41, 5.74) is 0. The van der Waals surface area contributed by atoms with E-state index in [0.717, 1.165) is 5.76 Å². The number of methoxy groups -OCH3 is 1.